The van der Waals surface area contributed by atoms with Crippen molar-refractivity contribution in [1.29, 1.82) is 0 Å². The van der Waals surface area contributed by atoms with Crippen molar-refractivity contribution in [2.24, 2.45) is 0 Å². The van der Waals surface area contributed by atoms with E-state index in [4.69, 9.17) is 0 Å². The van der Waals surface area contributed by atoms with Crippen molar-refractivity contribution in [3.05, 3.63) is 0 Å². The molecule has 0 aromatic heterocycles. The molecule has 3 heteroatoms. The first-order valence-electron chi connectivity index (χ1n) is 2.57. The summed E-state index contributed by atoms with van der Waals surface area (Å²) in [4.78, 5) is 0. The summed E-state index contributed by atoms with van der Waals surface area (Å²) in [6.45, 7) is 3.93. The van der Waals surface area contributed by atoms with Gasteiger partial charge in [0.05, 0.1) is 9.93 Å². The van der Waals surface area contributed by atoms with Gasteiger partial charge in [-0.25, -0.2) is 0 Å². The fourth-order valence-electron chi connectivity index (χ4n) is 0.204. The zero-order valence-corrected chi connectivity index (χ0v) is 6.49. The average Bonchev–Trinajstić information content (AvgIpc) is 1.68. The van der Waals surface area contributed by atoms with Gasteiger partial charge in [-0.2, -0.15) is 0 Å². The van der Waals surface area contributed by atoms with Crippen LogP contribution >= 0.6 is 0 Å². The highest BCUT2D eigenvalue weighted by atomic mass is 32.2. The smallest absolute Gasteiger partial charge is 0.109 e. The second kappa shape index (κ2) is 4.04. The summed E-state index contributed by atoms with van der Waals surface area (Å²) in [6, 6.07) is 0. The normalized spacial score (nSPS) is 10.4. The molecular weight excluding hydrogens is 124 g/mol. The van der Waals surface area contributed by atoms with Crippen molar-refractivity contribution in [2.75, 3.05) is 17.8 Å². The molecule has 8 heavy (non-hydrogen) atoms. The third-order valence-electron chi connectivity index (χ3n) is 1.22. The zero-order chi connectivity index (χ0) is 5.91. The molecule has 0 unspecified atom stereocenters. The Bertz CT molecular complexity index is 82.4. The van der Waals surface area contributed by atoms with Gasteiger partial charge < -0.3 is 5.48 Å². The Morgan fingerprint density at radius 3 is 1.50 bits per heavy atom. The Morgan fingerprint density at radius 1 is 1.25 bits per heavy atom. The van der Waals surface area contributed by atoms with E-state index in [1.165, 1.54) is 0 Å². The van der Waals surface area contributed by atoms with Crippen LogP contribution in [0.5, 0.6) is 0 Å². The summed E-state index contributed by atoms with van der Waals surface area (Å²) < 4.78 is 10.9. The Kier molecular flexibility index (Phi) is 5.54. The zero-order valence-electron chi connectivity index (χ0n) is 5.68. The topological polar surface area (TPSA) is 47.1 Å². The molecule has 1 N–H and O–H groups in total. The monoisotopic (exact) mass is 138 g/mol. The van der Waals surface area contributed by atoms with Crippen LogP contribution < -0.4 is 0 Å². The van der Waals surface area contributed by atoms with E-state index in [0.29, 0.717) is 0 Å². The molecular formula is C5H14O2S. The lowest BCUT2D eigenvalue weighted by Crippen LogP contribution is -2.12. The molecule has 0 saturated carbocycles. The maximum absolute atomic E-state index is 10.9. The summed E-state index contributed by atoms with van der Waals surface area (Å²) in [5, 5.41) is 0. The second-order valence-corrected chi connectivity index (χ2v) is 5.28. The highest BCUT2D eigenvalue weighted by Gasteiger charge is 2.11. The first-order valence-corrected chi connectivity index (χ1v) is 4.87. The molecule has 0 amide bonds. The summed E-state index contributed by atoms with van der Waals surface area (Å²) in [7, 11) is -1.41. The van der Waals surface area contributed by atoms with Crippen LogP contribution in [0.4, 0.5) is 0 Å². The first kappa shape index (κ1) is 11.0. The lowest BCUT2D eigenvalue weighted by atomic mass is 11.0. The molecule has 0 saturated heterocycles. The Hall–Kier alpha value is 0.110. The van der Waals surface area contributed by atoms with Gasteiger partial charge in [-0.15, -0.1) is 4.21 Å². The van der Waals surface area contributed by atoms with Crippen molar-refractivity contribution in [3.8, 4) is 0 Å². The maximum atomic E-state index is 10.9. The van der Waals surface area contributed by atoms with Crippen LogP contribution in [-0.2, 0) is 14.1 Å². The molecule has 0 atom stereocenters. The Morgan fingerprint density at radius 2 is 1.50 bits per heavy atom. The van der Waals surface area contributed by atoms with E-state index in [9.17, 15) is 4.21 Å². The molecule has 0 aromatic carbocycles. The second-order valence-electron chi connectivity index (χ2n) is 1.76. The molecule has 0 aliphatic carbocycles. The van der Waals surface area contributed by atoms with Gasteiger partial charge in [-0.05, 0) is 13.8 Å². The summed E-state index contributed by atoms with van der Waals surface area (Å²) in [5.74, 6) is 1.65. The molecule has 0 aliphatic rings. The SMILES string of the molecule is CC[S+](C)(=O)CC.[OH-]. The van der Waals surface area contributed by atoms with E-state index < -0.39 is 9.93 Å². The van der Waals surface area contributed by atoms with Gasteiger partial charge in [0.2, 0.25) is 0 Å². The first-order chi connectivity index (χ1) is 3.12. The predicted molar refractivity (Wildman–Crippen MR) is 37.0 cm³/mol. The lowest BCUT2D eigenvalue weighted by Gasteiger charge is -1.96. The standard InChI is InChI=1S/C5H13OS.H2O/c1-4-7(3,6)5-2;/h4-5H2,1-3H3;1H2/q+1;/p-1. The Balaban J connectivity index is 0. The molecule has 0 spiro atoms. The minimum Gasteiger partial charge on any atom is -0.870 e. The summed E-state index contributed by atoms with van der Waals surface area (Å²) >= 11 is 0. The van der Waals surface area contributed by atoms with Gasteiger partial charge >= 0.3 is 0 Å². The van der Waals surface area contributed by atoms with Crippen LogP contribution in [0.3, 0.4) is 0 Å². The van der Waals surface area contributed by atoms with Crippen LogP contribution in [0.1, 0.15) is 13.8 Å². The van der Waals surface area contributed by atoms with Crippen LogP contribution in [0.25, 0.3) is 0 Å². The number of hydrogen-bond acceptors (Lipinski definition) is 2. The highest BCUT2D eigenvalue weighted by Crippen LogP contribution is 1.95. The molecule has 0 fully saturated rings. The summed E-state index contributed by atoms with van der Waals surface area (Å²) in [5.41, 5.74) is 0. The molecule has 2 nitrogen and oxygen atoms in total. The fourth-order valence-corrected chi connectivity index (χ4v) is 0.612. The van der Waals surface area contributed by atoms with E-state index in [0.717, 1.165) is 11.5 Å². The van der Waals surface area contributed by atoms with Crippen LogP contribution in [-0.4, -0.2) is 23.2 Å². The molecule has 0 bridgehead atoms. The van der Waals surface area contributed by atoms with Crippen LogP contribution in [0.2, 0.25) is 0 Å². The van der Waals surface area contributed by atoms with Crippen molar-refractivity contribution in [2.45, 2.75) is 13.8 Å². The van der Waals surface area contributed by atoms with Crippen molar-refractivity contribution >= 4 is 9.93 Å². The predicted octanol–water partition coefficient (Wildman–Crippen LogP) is 0.979. The largest absolute Gasteiger partial charge is 0.870 e. The van der Waals surface area contributed by atoms with Crippen molar-refractivity contribution in [3.63, 3.8) is 0 Å². The minimum atomic E-state index is -1.41. The van der Waals surface area contributed by atoms with Gasteiger partial charge in [-0.3, -0.25) is 0 Å². The quantitative estimate of drug-likeness (QED) is 0.534. The molecule has 0 aromatic rings. The molecule has 0 rings (SSSR count). The maximum Gasteiger partial charge on any atom is 0.109 e. The van der Waals surface area contributed by atoms with Gasteiger partial charge in [0.15, 0.2) is 0 Å². The van der Waals surface area contributed by atoms with Crippen molar-refractivity contribution < 1.29 is 9.69 Å². The number of rotatable bonds is 2. The Labute approximate surface area is 52.0 Å². The third-order valence-corrected chi connectivity index (χ3v) is 3.66. The number of hydrogen-bond donors (Lipinski definition) is 0. The van der Waals surface area contributed by atoms with E-state index in [1.807, 2.05) is 20.1 Å². The fraction of sp³-hybridized carbons (Fsp3) is 1.00. The van der Waals surface area contributed by atoms with E-state index >= 15 is 0 Å². The third kappa shape index (κ3) is 4.27. The van der Waals surface area contributed by atoms with Crippen LogP contribution in [0, 0.1) is 0 Å². The summed E-state index contributed by atoms with van der Waals surface area (Å²) in [6.07, 6.45) is 1.83. The molecule has 0 heterocycles. The minimum absolute atomic E-state index is 0. The average molecular weight is 138 g/mol. The van der Waals surface area contributed by atoms with Gasteiger partial charge in [0, 0.05) is 0 Å². The highest BCUT2D eigenvalue weighted by molar-refractivity contribution is 8.02. The van der Waals surface area contributed by atoms with Gasteiger partial charge in [0.1, 0.15) is 17.8 Å². The lowest BCUT2D eigenvalue weighted by molar-refractivity contribution is 0.589. The van der Waals surface area contributed by atoms with E-state index in [2.05, 4.69) is 0 Å². The van der Waals surface area contributed by atoms with Gasteiger partial charge in [0.25, 0.3) is 0 Å². The molecule has 0 radical (unpaired) electrons. The van der Waals surface area contributed by atoms with Gasteiger partial charge in [-0.1, -0.05) is 0 Å². The van der Waals surface area contributed by atoms with E-state index in [-0.39, 0.29) is 5.48 Å². The molecule has 52 valence electrons. The van der Waals surface area contributed by atoms with Crippen molar-refractivity contribution in [1.82, 2.24) is 0 Å². The van der Waals surface area contributed by atoms with E-state index in [1.54, 1.807) is 0 Å². The molecule has 0 aliphatic heterocycles. The van der Waals surface area contributed by atoms with Crippen LogP contribution in [0.15, 0.2) is 0 Å².